The zero-order valence-electron chi connectivity index (χ0n) is 12.5. The number of hydrogen-bond donors (Lipinski definition) is 0. The zero-order valence-corrected chi connectivity index (χ0v) is 13.2. The van der Waals surface area contributed by atoms with Crippen molar-refractivity contribution in [3.63, 3.8) is 0 Å². The highest BCUT2D eigenvalue weighted by Gasteiger charge is 2.28. The van der Waals surface area contributed by atoms with E-state index in [1.165, 1.54) is 31.5 Å². The Morgan fingerprint density at radius 2 is 1.79 bits per heavy atom. The maximum Gasteiger partial charge on any atom is 0.0438 e. The summed E-state index contributed by atoms with van der Waals surface area (Å²) in [5, 5.41) is 0.909. The normalized spacial score (nSPS) is 18.7. The molecule has 0 N–H and O–H groups in total. The Morgan fingerprint density at radius 1 is 1.16 bits per heavy atom. The van der Waals surface area contributed by atoms with Gasteiger partial charge in [0.25, 0.3) is 0 Å². The minimum absolute atomic E-state index is 0.467. The summed E-state index contributed by atoms with van der Waals surface area (Å²) in [5.41, 5.74) is 1.75. The molecule has 2 heteroatoms. The van der Waals surface area contributed by atoms with Crippen LogP contribution in [0.15, 0.2) is 24.3 Å². The van der Waals surface area contributed by atoms with Gasteiger partial charge < -0.3 is 4.90 Å². The van der Waals surface area contributed by atoms with Crippen LogP contribution in [0.3, 0.4) is 0 Å². The molecule has 0 radical (unpaired) electrons. The van der Waals surface area contributed by atoms with E-state index in [0.717, 1.165) is 23.9 Å². The van der Waals surface area contributed by atoms with Gasteiger partial charge in [0, 0.05) is 11.6 Å². The molecule has 0 bridgehead atoms. The first-order valence-corrected chi connectivity index (χ1v) is 7.80. The third kappa shape index (κ3) is 4.22. The van der Waals surface area contributed by atoms with E-state index >= 15 is 0 Å². The molecule has 1 nitrogen and oxygen atoms in total. The number of rotatable bonds is 3. The first-order chi connectivity index (χ1) is 8.97. The van der Waals surface area contributed by atoms with Crippen molar-refractivity contribution in [3.05, 3.63) is 34.9 Å². The van der Waals surface area contributed by atoms with Gasteiger partial charge in [0.1, 0.15) is 0 Å². The molecule has 1 heterocycles. The maximum absolute atomic E-state index is 6.21. The second-order valence-electron chi connectivity index (χ2n) is 6.82. The van der Waals surface area contributed by atoms with Crippen molar-refractivity contribution in [2.24, 2.45) is 11.3 Å². The van der Waals surface area contributed by atoms with E-state index in [2.05, 4.69) is 37.8 Å². The first kappa shape index (κ1) is 14.9. The van der Waals surface area contributed by atoms with Crippen molar-refractivity contribution < 1.29 is 0 Å². The van der Waals surface area contributed by atoms with Crippen LogP contribution >= 0.6 is 11.6 Å². The molecule has 1 aliphatic rings. The molecule has 1 aliphatic heterocycles. The van der Waals surface area contributed by atoms with Crippen LogP contribution in [0.5, 0.6) is 0 Å². The van der Waals surface area contributed by atoms with Crippen LogP contribution in [0.1, 0.15) is 39.2 Å². The van der Waals surface area contributed by atoms with Crippen LogP contribution in [-0.2, 0) is 6.42 Å². The number of nitrogens with zero attached hydrogens (tertiary/aromatic N) is 1. The van der Waals surface area contributed by atoms with Gasteiger partial charge in [-0.05, 0) is 55.3 Å². The largest absolute Gasteiger partial charge is 0.303 e. The molecule has 0 spiro atoms. The predicted molar refractivity (Wildman–Crippen MR) is 83.8 cm³/mol. The standard InChI is InChI=1S/C17H26ClN/c1-17(2,3)15-9-12-19(13-10-15)11-8-14-6-4-5-7-16(14)18/h4-7,15H,8-13H2,1-3H3. The van der Waals surface area contributed by atoms with Crippen LogP contribution in [0, 0.1) is 11.3 Å². The van der Waals surface area contributed by atoms with Crippen LogP contribution in [0.4, 0.5) is 0 Å². The van der Waals surface area contributed by atoms with Crippen molar-refractivity contribution in [1.82, 2.24) is 4.90 Å². The van der Waals surface area contributed by atoms with Crippen molar-refractivity contribution in [3.8, 4) is 0 Å². The van der Waals surface area contributed by atoms with E-state index in [-0.39, 0.29) is 0 Å². The lowest BCUT2D eigenvalue weighted by Gasteiger charge is -2.38. The maximum atomic E-state index is 6.21. The van der Waals surface area contributed by atoms with E-state index in [9.17, 15) is 0 Å². The lowest BCUT2D eigenvalue weighted by molar-refractivity contribution is 0.113. The fourth-order valence-corrected chi connectivity index (χ4v) is 3.23. The Morgan fingerprint density at radius 3 is 2.37 bits per heavy atom. The van der Waals surface area contributed by atoms with Gasteiger partial charge in [0.15, 0.2) is 0 Å². The molecule has 0 aliphatic carbocycles. The Labute approximate surface area is 123 Å². The summed E-state index contributed by atoms with van der Waals surface area (Å²) >= 11 is 6.21. The molecule has 0 atom stereocenters. The van der Waals surface area contributed by atoms with Crippen molar-refractivity contribution in [2.75, 3.05) is 19.6 Å². The fraction of sp³-hybridized carbons (Fsp3) is 0.647. The van der Waals surface area contributed by atoms with Crippen molar-refractivity contribution in [1.29, 1.82) is 0 Å². The summed E-state index contributed by atoms with van der Waals surface area (Å²) < 4.78 is 0. The topological polar surface area (TPSA) is 3.24 Å². The second kappa shape index (κ2) is 6.28. The minimum Gasteiger partial charge on any atom is -0.303 e. The quantitative estimate of drug-likeness (QED) is 0.779. The molecular formula is C17H26ClN. The lowest BCUT2D eigenvalue weighted by atomic mass is 9.75. The van der Waals surface area contributed by atoms with Crippen LogP contribution in [0.2, 0.25) is 5.02 Å². The third-order valence-electron chi connectivity index (χ3n) is 4.47. The number of piperidine rings is 1. The monoisotopic (exact) mass is 279 g/mol. The molecule has 1 aromatic rings. The summed E-state index contributed by atoms with van der Waals surface area (Å²) in [6.45, 7) is 10.7. The molecule has 1 aromatic carbocycles. The highest BCUT2D eigenvalue weighted by Crippen LogP contribution is 2.34. The Balaban J connectivity index is 1.79. The van der Waals surface area contributed by atoms with E-state index in [0.29, 0.717) is 5.41 Å². The summed E-state index contributed by atoms with van der Waals surface area (Å²) in [7, 11) is 0. The molecular weight excluding hydrogens is 254 g/mol. The molecule has 2 rings (SSSR count). The zero-order chi connectivity index (χ0) is 13.9. The minimum atomic E-state index is 0.467. The highest BCUT2D eigenvalue weighted by molar-refractivity contribution is 6.31. The molecule has 0 unspecified atom stereocenters. The molecule has 19 heavy (non-hydrogen) atoms. The van der Waals surface area contributed by atoms with Crippen LogP contribution < -0.4 is 0 Å². The summed E-state index contributed by atoms with van der Waals surface area (Å²) in [4.78, 5) is 2.59. The van der Waals surface area contributed by atoms with Crippen LogP contribution in [0.25, 0.3) is 0 Å². The predicted octanol–water partition coefficient (Wildman–Crippen LogP) is 4.64. The van der Waals surface area contributed by atoms with E-state index < -0.39 is 0 Å². The van der Waals surface area contributed by atoms with Gasteiger partial charge in [-0.1, -0.05) is 50.6 Å². The number of likely N-dealkylation sites (tertiary alicyclic amines) is 1. The Kier molecular flexibility index (Phi) is 4.92. The number of hydrogen-bond acceptors (Lipinski definition) is 1. The fourth-order valence-electron chi connectivity index (χ4n) is 3.00. The smallest absolute Gasteiger partial charge is 0.0438 e. The highest BCUT2D eigenvalue weighted by atomic mass is 35.5. The molecule has 1 saturated heterocycles. The van der Waals surface area contributed by atoms with Gasteiger partial charge in [0.05, 0.1) is 0 Å². The van der Waals surface area contributed by atoms with Crippen LogP contribution in [-0.4, -0.2) is 24.5 Å². The third-order valence-corrected chi connectivity index (χ3v) is 4.84. The first-order valence-electron chi connectivity index (χ1n) is 7.42. The number of halogens is 1. The second-order valence-corrected chi connectivity index (χ2v) is 7.23. The lowest BCUT2D eigenvalue weighted by Crippen LogP contribution is -2.38. The van der Waals surface area contributed by atoms with Gasteiger partial charge in [-0.3, -0.25) is 0 Å². The summed E-state index contributed by atoms with van der Waals surface area (Å²) in [6.07, 6.45) is 3.75. The Hall–Kier alpha value is -0.530. The molecule has 0 aromatic heterocycles. The van der Waals surface area contributed by atoms with E-state index in [1.807, 2.05) is 12.1 Å². The van der Waals surface area contributed by atoms with Crippen molar-refractivity contribution >= 4 is 11.6 Å². The summed E-state index contributed by atoms with van der Waals surface area (Å²) in [5.74, 6) is 0.879. The summed E-state index contributed by atoms with van der Waals surface area (Å²) in [6, 6.07) is 8.21. The molecule has 1 fully saturated rings. The molecule has 0 amide bonds. The molecule has 106 valence electrons. The average molecular weight is 280 g/mol. The van der Waals surface area contributed by atoms with Gasteiger partial charge >= 0.3 is 0 Å². The average Bonchev–Trinajstić information content (AvgIpc) is 2.37. The SMILES string of the molecule is CC(C)(C)C1CCN(CCc2ccccc2Cl)CC1. The van der Waals surface area contributed by atoms with Gasteiger partial charge in [-0.15, -0.1) is 0 Å². The Bertz CT molecular complexity index is 400. The van der Waals surface area contributed by atoms with Gasteiger partial charge in [-0.2, -0.15) is 0 Å². The van der Waals surface area contributed by atoms with Crippen molar-refractivity contribution in [2.45, 2.75) is 40.0 Å². The number of benzene rings is 1. The van der Waals surface area contributed by atoms with Gasteiger partial charge in [-0.25, -0.2) is 0 Å². The van der Waals surface area contributed by atoms with E-state index in [1.54, 1.807) is 0 Å². The van der Waals surface area contributed by atoms with E-state index in [4.69, 9.17) is 11.6 Å². The van der Waals surface area contributed by atoms with Gasteiger partial charge in [0.2, 0.25) is 0 Å². The molecule has 0 saturated carbocycles.